The van der Waals surface area contributed by atoms with Crippen LogP contribution in [0.25, 0.3) is 0 Å². The van der Waals surface area contributed by atoms with Crippen LogP contribution in [0.2, 0.25) is 0 Å². The predicted molar refractivity (Wildman–Crippen MR) is 84.5 cm³/mol. The Balaban J connectivity index is 2.81. The second-order valence-electron chi connectivity index (χ2n) is 4.98. The average molecular weight is 277 g/mol. The molecule has 2 N–H and O–H groups in total. The first-order chi connectivity index (χ1) is 9.60. The molecule has 0 saturated heterocycles. The minimum absolute atomic E-state index is 0.191. The highest BCUT2D eigenvalue weighted by atomic mass is 16.5. The lowest BCUT2D eigenvalue weighted by Crippen LogP contribution is -2.21. The molecule has 1 unspecified atom stereocenters. The van der Waals surface area contributed by atoms with Crippen LogP contribution in [-0.2, 0) is 6.42 Å². The first-order valence-electron chi connectivity index (χ1n) is 7.41. The summed E-state index contributed by atoms with van der Waals surface area (Å²) in [6.07, 6.45) is 2.75. The summed E-state index contributed by atoms with van der Waals surface area (Å²) in [5.74, 6) is 1.56. The molecular formula is C17H27NO2. The van der Waals surface area contributed by atoms with Crippen LogP contribution in [0, 0.1) is 0 Å². The zero-order valence-corrected chi connectivity index (χ0v) is 12.9. The maximum absolute atomic E-state index is 6.00. The van der Waals surface area contributed by atoms with E-state index in [1.165, 1.54) is 5.56 Å². The number of rotatable bonds is 9. The number of nitrogens with two attached hydrogens (primary N) is 1. The van der Waals surface area contributed by atoms with E-state index in [0.717, 1.165) is 36.3 Å². The molecule has 0 aliphatic rings. The number of ether oxygens (including phenoxy) is 2. The third-order valence-corrected chi connectivity index (χ3v) is 3.26. The zero-order valence-electron chi connectivity index (χ0n) is 12.9. The molecule has 0 radical (unpaired) electrons. The first kappa shape index (κ1) is 16.6. The summed E-state index contributed by atoms with van der Waals surface area (Å²) < 4.78 is 11.4. The molecule has 1 aromatic carbocycles. The monoisotopic (exact) mass is 277 g/mol. The van der Waals surface area contributed by atoms with Crippen LogP contribution in [0.4, 0.5) is 0 Å². The van der Waals surface area contributed by atoms with Crippen molar-refractivity contribution in [1.29, 1.82) is 0 Å². The number of hydrogen-bond donors (Lipinski definition) is 1. The molecular weight excluding hydrogens is 250 g/mol. The van der Waals surface area contributed by atoms with Crippen molar-refractivity contribution in [3.05, 3.63) is 35.9 Å². The van der Waals surface area contributed by atoms with Gasteiger partial charge in [-0.15, -0.1) is 0 Å². The van der Waals surface area contributed by atoms with Gasteiger partial charge in [-0.3, -0.25) is 0 Å². The topological polar surface area (TPSA) is 44.5 Å². The van der Waals surface area contributed by atoms with Gasteiger partial charge in [0.05, 0.1) is 6.61 Å². The van der Waals surface area contributed by atoms with E-state index < -0.39 is 0 Å². The fraction of sp³-hybridized carbons (Fsp3) is 0.529. The van der Waals surface area contributed by atoms with Crippen LogP contribution >= 0.6 is 0 Å². The van der Waals surface area contributed by atoms with E-state index in [1.54, 1.807) is 0 Å². The van der Waals surface area contributed by atoms with Crippen molar-refractivity contribution in [3.63, 3.8) is 0 Å². The Hall–Kier alpha value is -1.48. The summed E-state index contributed by atoms with van der Waals surface area (Å²) in [5, 5.41) is 0. The zero-order chi connectivity index (χ0) is 15.0. The molecule has 1 aromatic rings. The van der Waals surface area contributed by atoms with E-state index in [-0.39, 0.29) is 6.04 Å². The molecule has 112 valence electrons. The van der Waals surface area contributed by atoms with Gasteiger partial charge in [0, 0.05) is 6.04 Å². The van der Waals surface area contributed by atoms with Gasteiger partial charge in [0.2, 0.25) is 0 Å². The molecule has 0 spiro atoms. The van der Waals surface area contributed by atoms with Crippen molar-refractivity contribution in [2.75, 3.05) is 13.2 Å². The predicted octanol–water partition coefficient (Wildman–Crippen LogP) is 3.71. The van der Waals surface area contributed by atoms with Gasteiger partial charge in [-0.1, -0.05) is 26.5 Å². The van der Waals surface area contributed by atoms with E-state index in [0.29, 0.717) is 13.2 Å². The normalized spacial score (nSPS) is 12.0. The Bertz CT molecular complexity index is 429. The molecule has 0 bridgehead atoms. The molecule has 0 fully saturated rings. The number of benzene rings is 1. The smallest absolute Gasteiger partial charge is 0.161 e. The molecule has 20 heavy (non-hydrogen) atoms. The molecule has 3 nitrogen and oxygen atoms in total. The average Bonchev–Trinajstić information content (AvgIpc) is 2.46. The molecule has 0 aliphatic heterocycles. The highest BCUT2D eigenvalue weighted by molar-refractivity contribution is 5.43. The second-order valence-corrected chi connectivity index (χ2v) is 4.98. The lowest BCUT2D eigenvalue weighted by atomic mass is 10.0. The Morgan fingerprint density at radius 1 is 1.20 bits per heavy atom. The van der Waals surface area contributed by atoms with E-state index in [1.807, 2.05) is 19.1 Å². The van der Waals surface area contributed by atoms with Gasteiger partial charge in [0.1, 0.15) is 6.61 Å². The number of hydrogen-bond acceptors (Lipinski definition) is 3. The van der Waals surface area contributed by atoms with Gasteiger partial charge in [-0.2, -0.15) is 0 Å². The third-order valence-electron chi connectivity index (χ3n) is 3.26. The molecule has 0 saturated carbocycles. The minimum Gasteiger partial charge on any atom is -0.490 e. The Morgan fingerprint density at radius 2 is 1.95 bits per heavy atom. The molecule has 0 aromatic heterocycles. The van der Waals surface area contributed by atoms with E-state index in [9.17, 15) is 0 Å². The molecule has 1 atom stereocenters. The van der Waals surface area contributed by atoms with Gasteiger partial charge in [-0.25, -0.2) is 0 Å². The van der Waals surface area contributed by atoms with Crippen LogP contribution in [0.5, 0.6) is 11.5 Å². The summed E-state index contributed by atoms with van der Waals surface area (Å²) in [6, 6.07) is 6.24. The first-order valence-corrected chi connectivity index (χ1v) is 7.41. The van der Waals surface area contributed by atoms with Crippen LogP contribution in [-0.4, -0.2) is 19.3 Å². The van der Waals surface area contributed by atoms with Crippen molar-refractivity contribution in [1.82, 2.24) is 0 Å². The van der Waals surface area contributed by atoms with Gasteiger partial charge < -0.3 is 15.2 Å². The van der Waals surface area contributed by atoms with E-state index in [2.05, 4.69) is 26.5 Å². The quantitative estimate of drug-likeness (QED) is 0.700. The lowest BCUT2D eigenvalue weighted by Gasteiger charge is -2.15. The molecule has 0 heterocycles. The fourth-order valence-corrected chi connectivity index (χ4v) is 1.80. The summed E-state index contributed by atoms with van der Waals surface area (Å²) >= 11 is 0. The van der Waals surface area contributed by atoms with Gasteiger partial charge >= 0.3 is 0 Å². The van der Waals surface area contributed by atoms with Crippen LogP contribution in [0.15, 0.2) is 30.4 Å². The van der Waals surface area contributed by atoms with Crippen molar-refractivity contribution < 1.29 is 9.47 Å². The molecule has 1 rings (SSSR count). The van der Waals surface area contributed by atoms with Crippen molar-refractivity contribution >= 4 is 0 Å². The molecule has 0 aliphatic carbocycles. The lowest BCUT2D eigenvalue weighted by molar-refractivity contribution is 0.291. The summed E-state index contributed by atoms with van der Waals surface area (Å²) in [7, 11) is 0. The van der Waals surface area contributed by atoms with E-state index >= 15 is 0 Å². The summed E-state index contributed by atoms with van der Waals surface area (Å²) in [5.41, 5.74) is 8.26. The summed E-state index contributed by atoms with van der Waals surface area (Å²) in [4.78, 5) is 0. The highest BCUT2D eigenvalue weighted by Gasteiger charge is 2.09. The minimum atomic E-state index is 0.191. The standard InChI is InChI=1S/C17H27NO2/c1-5-13(4)12-20-16-9-8-14(10-15(18)6-2)11-17(16)19-7-3/h8-9,11,15H,4-7,10,12,18H2,1-3H3. The Morgan fingerprint density at radius 3 is 2.55 bits per heavy atom. The third kappa shape index (κ3) is 5.25. The maximum atomic E-state index is 6.00. The van der Waals surface area contributed by atoms with Gasteiger partial charge in [0.25, 0.3) is 0 Å². The van der Waals surface area contributed by atoms with Crippen molar-refractivity contribution in [2.45, 2.75) is 46.1 Å². The fourth-order valence-electron chi connectivity index (χ4n) is 1.80. The van der Waals surface area contributed by atoms with Crippen LogP contribution < -0.4 is 15.2 Å². The Labute approximate surface area is 122 Å². The largest absolute Gasteiger partial charge is 0.490 e. The van der Waals surface area contributed by atoms with Crippen LogP contribution in [0.1, 0.15) is 39.2 Å². The SMILES string of the molecule is C=C(CC)COc1ccc(CC(N)CC)cc1OCC. The van der Waals surface area contributed by atoms with Crippen molar-refractivity contribution in [2.24, 2.45) is 5.73 Å². The van der Waals surface area contributed by atoms with Gasteiger partial charge in [0.15, 0.2) is 11.5 Å². The molecule has 3 heteroatoms. The Kier molecular flexibility index (Phi) is 7.16. The van der Waals surface area contributed by atoms with Crippen molar-refractivity contribution in [3.8, 4) is 11.5 Å². The van der Waals surface area contributed by atoms with Gasteiger partial charge in [-0.05, 0) is 49.5 Å². The van der Waals surface area contributed by atoms with Crippen LogP contribution in [0.3, 0.4) is 0 Å². The van der Waals surface area contributed by atoms with E-state index in [4.69, 9.17) is 15.2 Å². The maximum Gasteiger partial charge on any atom is 0.161 e. The highest BCUT2D eigenvalue weighted by Crippen LogP contribution is 2.29. The summed E-state index contributed by atoms with van der Waals surface area (Å²) in [6.45, 7) is 11.2. The second kappa shape index (κ2) is 8.64. The molecule has 0 amide bonds.